The lowest BCUT2D eigenvalue weighted by Gasteiger charge is -1.83. The zero-order chi connectivity index (χ0) is 4.83. The molecule has 0 fully saturated rings. The van der Waals surface area contributed by atoms with E-state index in [1.54, 1.807) is 0 Å². The van der Waals surface area contributed by atoms with Crippen LogP contribution in [0.2, 0.25) is 0 Å². The Morgan fingerprint density at radius 2 is 2.33 bits per heavy atom. The van der Waals surface area contributed by atoms with Crippen molar-refractivity contribution in [2.45, 2.75) is 12.8 Å². The Morgan fingerprint density at radius 3 is 2.50 bits per heavy atom. The molecule has 0 heterocycles. The number of halogens is 1. The van der Waals surface area contributed by atoms with Crippen LogP contribution in [0.4, 0.5) is 4.39 Å². The van der Waals surface area contributed by atoms with E-state index in [2.05, 4.69) is 0 Å². The summed E-state index contributed by atoms with van der Waals surface area (Å²) in [4.78, 5) is 0. The van der Waals surface area contributed by atoms with Crippen molar-refractivity contribution in [3.63, 3.8) is 0 Å². The van der Waals surface area contributed by atoms with E-state index in [-0.39, 0.29) is 6.67 Å². The van der Waals surface area contributed by atoms with E-state index in [1.807, 2.05) is 0 Å². The molecular formula is C4H9FN. The minimum absolute atomic E-state index is 0.256. The molecule has 0 unspecified atom stereocenters. The second-order valence-electron chi connectivity index (χ2n) is 1.07. The highest BCUT2D eigenvalue weighted by Gasteiger charge is 1.78. The van der Waals surface area contributed by atoms with Crippen LogP contribution in [0.15, 0.2) is 0 Å². The topological polar surface area (TPSA) is 26.0 Å². The fourth-order valence-corrected chi connectivity index (χ4v) is 0.195. The maximum Gasteiger partial charge on any atom is 0.0895 e. The normalized spacial score (nSPS) is 9.00. The van der Waals surface area contributed by atoms with Crippen LogP contribution in [0.5, 0.6) is 0 Å². The van der Waals surface area contributed by atoms with Crippen LogP contribution in [0.3, 0.4) is 0 Å². The third kappa shape index (κ3) is 3.89. The minimum atomic E-state index is -0.256. The Kier molecular flexibility index (Phi) is 4.80. The predicted octanol–water partition coefficient (Wildman–Crippen LogP) is 0.857. The van der Waals surface area contributed by atoms with Gasteiger partial charge < -0.3 is 5.73 Å². The Balaban J connectivity index is 2.34. The molecule has 0 saturated heterocycles. The van der Waals surface area contributed by atoms with Crippen LogP contribution in [-0.4, -0.2) is 6.67 Å². The van der Waals surface area contributed by atoms with Crippen molar-refractivity contribution in [3.8, 4) is 0 Å². The molecule has 0 amide bonds. The summed E-state index contributed by atoms with van der Waals surface area (Å²) in [6, 6.07) is 0. The number of unbranched alkanes of at least 4 members (excludes halogenated alkanes) is 1. The summed E-state index contributed by atoms with van der Waals surface area (Å²) >= 11 is 0. The first-order chi connectivity index (χ1) is 2.91. The van der Waals surface area contributed by atoms with Crippen molar-refractivity contribution in [2.24, 2.45) is 5.73 Å². The first-order valence-corrected chi connectivity index (χ1v) is 2.01. The van der Waals surface area contributed by atoms with Gasteiger partial charge in [0.15, 0.2) is 0 Å². The van der Waals surface area contributed by atoms with Gasteiger partial charge in [0.05, 0.1) is 6.67 Å². The quantitative estimate of drug-likeness (QED) is 0.511. The van der Waals surface area contributed by atoms with E-state index in [0.717, 1.165) is 0 Å². The zero-order valence-electron chi connectivity index (χ0n) is 3.65. The molecule has 0 spiro atoms. The summed E-state index contributed by atoms with van der Waals surface area (Å²) < 4.78 is 11.1. The number of alkyl halides is 1. The lowest BCUT2D eigenvalue weighted by Crippen LogP contribution is -1.89. The molecule has 0 aromatic rings. The summed E-state index contributed by atoms with van der Waals surface area (Å²) in [6.45, 7) is 1.22. The molecule has 0 aliphatic carbocycles. The Morgan fingerprint density at radius 1 is 1.67 bits per heavy atom. The van der Waals surface area contributed by atoms with Crippen LogP contribution >= 0.6 is 0 Å². The van der Waals surface area contributed by atoms with Crippen molar-refractivity contribution in [1.29, 1.82) is 0 Å². The zero-order valence-corrected chi connectivity index (χ0v) is 3.65. The van der Waals surface area contributed by atoms with Crippen LogP contribution in [-0.2, 0) is 0 Å². The average molecular weight is 90.1 g/mol. The molecule has 1 radical (unpaired) electrons. The molecule has 0 atom stereocenters. The van der Waals surface area contributed by atoms with E-state index in [1.165, 1.54) is 6.54 Å². The van der Waals surface area contributed by atoms with Gasteiger partial charge in [-0.2, -0.15) is 0 Å². The van der Waals surface area contributed by atoms with Gasteiger partial charge in [-0.05, 0) is 12.8 Å². The molecule has 0 bridgehead atoms. The van der Waals surface area contributed by atoms with Gasteiger partial charge in [0.1, 0.15) is 0 Å². The van der Waals surface area contributed by atoms with Gasteiger partial charge in [-0.15, -0.1) is 0 Å². The number of hydrogen-bond acceptors (Lipinski definition) is 1. The smallest absolute Gasteiger partial charge is 0.0895 e. The summed E-state index contributed by atoms with van der Waals surface area (Å²) in [6.07, 6.45) is 1.26. The molecule has 0 saturated carbocycles. The summed E-state index contributed by atoms with van der Waals surface area (Å²) in [5.74, 6) is 0. The van der Waals surface area contributed by atoms with Crippen molar-refractivity contribution in [3.05, 3.63) is 6.54 Å². The van der Waals surface area contributed by atoms with Gasteiger partial charge in [0, 0.05) is 6.54 Å². The molecule has 37 valence electrons. The molecule has 2 heteroatoms. The lowest BCUT2D eigenvalue weighted by atomic mass is 10.3. The maximum atomic E-state index is 11.1. The van der Waals surface area contributed by atoms with E-state index in [4.69, 9.17) is 5.73 Å². The third-order valence-electron chi connectivity index (χ3n) is 0.504. The van der Waals surface area contributed by atoms with E-state index < -0.39 is 0 Å². The van der Waals surface area contributed by atoms with Crippen molar-refractivity contribution in [2.75, 3.05) is 6.67 Å². The molecule has 0 rings (SSSR count). The van der Waals surface area contributed by atoms with Gasteiger partial charge in [-0.3, -0.25) is 4.39 Å². The summed E-state index contributed by atoms with van der Waals surface area (Å²) in [5, 5.41) is 0. The van der Waals surface area contributed by atoms with E-state index in [9.17, 15) is 4.39 Å². The van der Waals surface area contributed by atoms with Crippen LogP contribution in [0, 0.1) is 6.54 Å². The molecular weight excluding hydrogens is 81.0 g/mol. The minimum Gasteiger partial charge on any atom is -0.326 e. The Hall–Kier alpha value is -0.110. The first-order valence-electron chi connectivity index (χ1n) is 2.01. The number of nitrogens with two attached hydrogens (primary N) is 1. The number of hydrogen-bond donors (Lipinski definition) is 1. The van der Waals surface area contributed by atoms with Crippen molar-refractivity contribution >= 4 is 0 Å². The highest BCUT2D eigenvalue weighted by Crippen LogP contribution is 1.86. The highest BCUT2D eigenvalue weighted by molar-refractivity contribution is 4.50. The van der Waals surface area contributed by atoms with Gasteiger partial charge in [-0.1, -0.05) is 0 Å². The molecule has 0 aromatic carbocycles. The summed E-state index contributed by atoms with van der Waals surface area (Å²) in [5.41, 5.74) is 4.92. The predicted molar refractivity (Wildman–Crippen MR) is 23.7 cm³/mol. The SMILES string of the molecule is N[CH]CCCF. The fourth-order valence-electron chi connectivity index (χ4n) is 0.195. The van der Waals surface area contributed by atoms with Crippen LogP contribution in [0.25, 0.3) is 0 Å². The second-order valence-corrected chi connectivity index (χ2v) is 1.07. The fraction of sp³-hybridized carbons (Fsp3) is 0.750. The average Bonchev–Trinajstić information content (AvgIpc) is 1.61. The van der Waals surface area contributed by atoms with Gasteiger partial charge in [0.2, 0.25) is 0 Å². The second kappa shape index (κ2) is 4.89. The molecule has 2 N–H and O–H groups in total. The largest absolute Gasteiger partial charge is 0.326 e. The Labute approximate surface area is 37.3 Å². The van der Waals surface area contributed by atoms with Crippen LogP contribution < -0.4 is 5.73 Å². The highest BCUT2D eigenvalue weighted by atomic mass is 19.1. The van der Waals surface area contributed by atoms with E-state index >= 15 is 0 Å². The van der Waals surface area contributed by atoms with Gasteiger partial charge in [0.25, 0.3) is 0 Å². The molecule has 0 aliphatic rings. The number of rotatable bonds is 3. The van der Waals surface area contributed by atoms with Crippen LogP contribution in [0.1, 0.15) is 12.8 Å². The molecule has 6 heavy (non-hydrogen) atoms. The lowest BCUT2D eigenvalue weighted by molar-refractivity contribution is 0.471. The standard InChI is InChI=1S/C4H9FN/c5-3-1-2-4-6/h4H,1-3,6H2. The molecule has 1 nitrogen and oxygen atoms in total. The molecule has 0 aromatic heterocycles. The monoisotopic (exact) mass is 90.1 g/mol. The van der Waals surface area contributed by atoms with Gasteiger partial charge in [-0.25, -0.2) is 0 Å². The van der Waals surface area contributed by atoms with E-state index in [0.29, 0.717) is 12.8 Å². The summed E-state index contributed by atoms with van der Waals surface area (Å²) in [7, 11) is 0. The van der Waals surface area contributed by atoms with Crippen molar-refractivity contribution in [1.82, 2.24) is 0 Å². The molecule has 0 aliphatic heterocycles. The first kappa shape index (κ1) is 5.89. The maximum absolute atomic E-state index is 11.1. The van der Waals surface area contributed by atoms with Gasteiger partial charge >= 0.3 is 0 Å². The Bertz CT molecular complexity index is 19.5. The van der Waals surface area contributed by atoms with Crippen molar-refractivity contribution < 1.29 is 4.39 Å². The third-order valence-corrected chi connectivity index (χ3v) is 0.504.